The molecule has 0 amide bonds. The lowest BCUT2D eigenvalue weighted by Gasteiger charge is -2.49. The molecule has 1 saturated heterocycles. The molecule has 2 nitrogen and oxygen atoms in total. The predicted molar refractivity (Wildman–Crippen MR) is 74.3 cm³/mol. The van der Waals surface area contributed by atoms with E-state index >= 15 is 0 Å². The summed E-state index contributed by atoms with van der Waals surface area (Å²) in [4.78, 5) is 2.84. The second-order valence-electron chi connectivity index (χ2n) is 6.51. The molecule has 1 aliphatic carbocycles. The summed E-state index contributed by atoms with van der Waals surface area (Å²) in [5, 5.41) is 3.77. The molecule has 17 heavy (non-hydrogen) atoms. The Balaban J connectivity index is 2.09. The summed E-state index contributed by atoms with van der Waals surface area (Å²) in [6, 6.07) is 1.62. The lowest BCUT2D eigenvalue weighted by atomic mass is 9.90. The summed E-state index contributed by atoms with van der Waals surface area (Å²) in [5.41, 5.74) is 0.341. The van der Waals surface area contributed by atoms with Crippen molar-refractivity contribution >= 4 is 0 Å². The normalized spacial score (nSPS) is 44.1. The van der Waals surface area contributed by atoms with Crippen molar-refractivity contribution in [3.63, 3.8) is 0 Å². The topological polar surface area (TPSA) is 15.3 Å². The van der Waals surface area contributed by atoms with Crippen molar-refractivity contribution in [1.82, 2.24) is 10.2 Å². The Bertz CT molecular complexity index is 253. The maximum absolute atomic E-state index is 3.77. The SMILES string of the molecule is CCC1CNC(C)(CC)CN1C1CCCC1C. The van der Waals surface area contributed by atoms with Gasteiger partial charge in [0.15, 0.2) is 0 Å². The van der Waals surface area contributed by atoms with E-state index in [0.717, 1.165) is 18.0 Å². The van der Waals surface area contributed by atoms with Crippen molar-refractivity contribution in [3.8, 4) is 0 Å². The van der Waals surface area contributed by atoms with Crippen LogP contribution in [0.1, 0.15) is 59.8 Å². The van der Waals surface area contributed by atoms with E-state index in [0.29, 0.717) is 5.54 Å². The average molecular weight is 238 g/mol. The fourth-order valence-corrected chi connectivity index (χ4v) is 3.69. The second-order valence-corrected chi connectivity index (χ2v) is 6.51. The molecule has 1 heterocycles. The summed E-state index contributed by atoms with van der Waals surface area (Å²) < 4.78 is 0. The van der Waals surface area contributed by atoms with Crippen molar-refractivity contribution in [2.45, 2.75) is 77.4 Å². The molecule has 1 saturated carbocycles. The van der Waals surface area contributed by atoms with Gasteiger partial charge >= 0.3 is 0 Å². The molecule has 0 aromatic rings. The number of nitrogens with one attached hydrogen (secondary N) is 1. The quantitative estimate of drug-likeness (QED) is 0.813. The van der Waals surface area contributed by atoms with Crippen LogP contribution in [0.15, 0.2) is 0 Å². The molecule has 0 spiro atoms. The predicted octanol–water partition coefficient (Wildman–Crippen LogP) is 3.03. The van der Waals surface area contributed by atoms with Crippen LogP contribution < -0.4 is 5.32 Å². The first-order valence-corrected chi connectivity index (χ1v) is 7.60. The van der Waals surface area contributed by atoms with E-state index in [1.165, 1.54) is 45.2 Å². The molecular formula is C15H30N2. The standard InChI is InChI=1S/C15H30N2/c1-5-13-10-16-15(4,6-2)11-17(13)14-9-7-8-12(14)3/h12-14,16H,5-11H2,1-4H3. The third kappa shape index (κ3) is 2.68. The highest BCUT2D eigenvalue weighted by Crippen LogP contribution is 2.34. The van der Waals surface area contributed by atoms with Crippen molar-refractivity contribution in [2.24, 2.45) is 5.92 Å². The highest BCUT2D eigenvalue weighted by atomic mass is 15.3. The fraction of sp³-hybridized carbons (Fsp3) is 1.00. The second kappa shape index (κ2) is 5.27. The molecule has 0 aromatic heterocycles. The molecular weight excluding hydrogens is 208 g/mol. The van der Waals surface area contributed by atoms with Crippen LogP contribution in [0, 0.1) is 5.92 Å². The molecule has 2 fully saturated rings. The zero-order chi connectivity index (χ0) is 12.5. The van der Waals surface area contributed by atoms with Crippen LogP contribution in [0.2, 0.25) is 0 Å². The lowest BCUT2D eigenvalue weighted by Crippen LogP contribution is -2.65. The van der Waals surface area contributed by atoms with E-state index in [1.807, 2.05) is 0 Å². The van der Waals surface area contributed by atoms with Gasteiger partial charge in [-0.2, -0.15) is 0 Å². The van der Waals surface area contributed by atoms with E-state index in [1.54, 1.807) is 0 Å². The highest BCUT2D eigenvalue weighted by Gasteiger charge is 2.40. The summed E-state index contributed by atoms with van der Waals surface area (Å²) >= 11 is 0. The van der Waals surface area contributed by atoms with Crippen LogP contribution in [0.5, 0.6) is 0 Å². The van der Waals surface area contributed by atoms with Crippen molar-refractivity contribution in [3.05, 3.63) is 0 Å². The summed E-state index contributed by atoms with van der Waals surface area (Å²) in [7, 11) is 0. The summed E-state index contributed by atoms with van der Waals surface area (Å²) in [6.07, 6.45) is 6.83. The minimum atomic E-state index is 0.341. The molecule has 1 aliphatic heterocycles. The molecule has 4 unspecified atom stereocenters. The fourth-order valence-electron chi connectivity index (χ4n) is 3.69. The third-order valence-corrected chi connectivity index (χ3v) is 5.26. The van der Waals surface area contributed by atoms with Crippen LogP contribution >= 0.6 is 0 Å². The molecule has 0 bridgehead atoms. The first-order valence-electron chi connectivity index (χ1n) is 7.60. The van der Waals surface area contributed by atoms with Gasteiger partial charge in [0.25, 0.3) is 0 Å². The molecule has 1 N–H and O–H groups in total. The minimum absolute atomic E-state index is 0.341. The Hall–Kier alpha value is -0.0800. The monoisotopic (exact) mass is 238 g/mol. The van der Waals surface area contributed by atoms with Gasteiger partial charge in [-0.1, -0.05) is 27.2 Å². The van der Waals surface area contributed by atoms with E-state index in [9.17, 15) is 0 Å². The molecule has 2 aliphatic rings. The number of nitrogens with zero attached hydrogens (tertiary/aromatic N) is 1. The molecule has 0 aromatic carbocycles. The lowest BCUT2D eigenvalue weighted by molar-refractivity contribution is 0.0318. The van der Waals surface area contributed by atoms with Crippen molar-refractivity contribution in [2.75, 3.05) is 13.1 Å². The van der Waals surface area contributed by atoms with Gasteiger partial charge in [0.2, 0.25) is 0 Å². The number of rotatable bonds is 3. The molecule has 4 atom stereocenters. The van der Waals surface area contributed by atoms with Gasteiger partial charge in [-0.15, -0.1) is 0 Å². The average Bonchev–Trinajstić information content (AvgIpc) is 2.75. The Kier molecular flexibility index (Phi) is 4.14. The minimum Gasteiger partial charge on any atom is -0.309 e. The summed E-state index contributed by atoms with van der Waals surface area (Å²) in [5.74, 6) is 0.906. The Morgan fingerprint density at radius 3 is 2.59 bits per heavy atom. The van der Waals surface area contributed by atoms with Crippen LogP contribution in [0.4, 0.5) is 0 Å². The zero-order valence-corrected chi connectivity index (χ0v) is 12.1. The number of piperazine rings is 1. The Labute approximate surface area is 107 Å². The number of hydrogen-bond acceptors (Lipinski definition) is 2. The van der Waals surface area contributed by atoms with E-state index in [4.69, 9.17) is 0 Å². The molecule has 0 radical (unpaired) electrons. The van der Waals surface area contributed by atoms with Crippen LogP contribution in [-0.2, 0) is 0 Å². The Morgan fingerprint density at radius 2 is 2.06 bits per heavy atom. The number of hydrogen-bond donors (Lipinski definition) is 1. The van der Waals surface area contributed by atoms with E-state index in [-0.39, 0.29) is 0 Å². The first kappa shape index (κ1) is 13.4. The summed E-state index contributed by atoms with van der Waals surface area (Å²) in [6.45, 7) is 11.9. The largest absolute Gasteiger partial charge is 0.309 e. The van der Waals surface area contributed by atoms with Crippen LogP contribution in [-0.4, -0.2) is 35.6 Å². The van der Waals surface area contributed by atoms with Gasteiger partial charge in [0.1, 0.15) is 0 Å². The van der Waals surface area contributed by atoms with Crippen LogP contribution in [0.25, 0.3) is 0 Å². The smallest absolute Gasteiger partial charge is 0.0278 e. The third-order valence-electron chi connectivity index (χ3n) is 5.26. The van der Waals surface area contributed by atoms with Gasteiger partial charge in [-0.3, -0.25) is 4.90 Å². The van der Waals surface area contributed by atoms with Gasteiger partial charge in [0.05, 0.1) is 0 Å². The zero-order valence-electron chi connectivity index (χ0n) is 12.1. The Morgan fingerprint density at radius 1 is 1.29 bits per heavy atom. The molecule has 100 valence electrons. The van der Waals surface area contributed by atoms with Crippen molar-refractivity contribution in [1.29, 1.82) is 0 Å². The molecule has 2 heteroatoms. The first-order chi connectivity index (χ1) is 8.09. The van der Waals surface area contributed by atoms with Crippen LogP contribution in [0.3, 0.4) is 0 Å². The van der Waals surface area contributed by atoms with Gasteiger partial charge in [-0.05, 0) is 38.5 Å². The van der Waals surface area contributed by atoms with E-state index < -0.39 is 0 Å². The maximum Gasteiger partial charge on any atom is 0.0278 e. The maximum atomic E-state index is 3.77. The van der Waals surface area contributed by atoms with Crippen molar-refractivity contribution < 1.29 is 0 Å². The molecule has 2 rings (SSSR count). The van der Waals surface area contributed by atoms with E-state index in [2.05, 4.69) is 37.9 Å². The van der Waals surface area contributed by atoms with Gasteiger partial charge < -0.3 is 5.32 Å². The highest BCUT2D eigenvalue weighted by molar-refractivity contribution is 4.98. The van der Waals surface area contributed by atoms with Gasteiger partial charge in [0, 0.05) is 30.7 Å². The van der Waals surface area contributed by atoms with Gasteiger partial charge in [-0.25, -0.2) is 0 Å².